The van der Waals surface area contributed by atoms with E-state index in [1.54, 1.807) is 0 Å². The minimum Gasteiger partial charge on any atom is -0.387 e. The molecule has 106 valence electrons. The van der Waals surface area contributed by atoms with Crippen LogP contribution in [0.15, 0.2) is 45.8 Å². The summed E-state index contributed by atoms with van der Waals surface area (Å²) >= 11 is 4.78. The molecule has 0 bridgehead atoms. The fraction of sp³-hybridized carbons (Fsp3) is 0.200. The highest BCUT2D eigenvalue weighted by Gasteiger charge is 2.18. The molecule has 0 aliphatic carbocycles. The molecule has 0 saturated heterocycles. The maximum absolute atomic E-state index is 13.8. The second-order valence-electron chi connectivity index (χ2n) is 4.36. The quantitative estimate of drug-likeness (QED) is 0.787. The van der Waals surface area contributed by atoms with Crippen molar-refractivity contribution in [1.82, 2.24) is 0 Å². The zero-order valence-corrected chi connectivity index (χ0v) is 13.1. The van der Waals surface area contributed by atoms with Gasteiger partial charge in [-0.05, 0) is 40.5 Å². The van der Waals surface area contributed by atoms with Crippen LogP contribution in [0.5, 0.6) is 0 Å². The molecule has 1 nitrogen and oxygen atoms in total. The van der Waals surface area contributed by atoms with Crippen LogP contribution in [0.3, 0.4) is 0 Å². The Balaban J connectivity index is 2.11. The van der Waals surface area contributed by atoms with Gasteiger partial charge in [0.25, 0.3) is 0 Å². The number of thioether (sulfide) groups is 1. The summed E-state index contributed by atoms with van der Waals surface area (Å²) in [5.41, 5.74) is 0.226. The Morgan fingerprint density at radius 3 is 2.55 bits per heavy atom. The predicted octanol–water partition coefficient (Wildman–Crippen LogP) is 4.86. The van der Waals surface area contributed by atoms with Crippen LogP contribution in [0.25, 0.3) is 0 Å². The Labute approximate surface area is 129 Å². The zero-order chi connectivity index (χ0) is 14.7. The molecule has 0 amide bonds. The van der Waals surface area contributed by atoms with Crippen molar-refractivity contribution in [3.05, 3.63) is 63.6 Å². The summed E-state index contributed by atoms with van der Waals surface area (Å²) in [5.74, 6) is -1.61. The van der Waals surface area contributed by atoms with Crippen molar-refractivity contribution in [2.45, 2.75) is 17.9 Å². The van der Waals surface area contributed by atoms with Crippen molar-refractivity contribution < 1.29 is 13.9 Å². The maximum atomic E-state index is 13.8. The molecule has 0 aliphatic heterocycles. The lowest BCUT2D eigenvalue weighted by Crippen LogP contribution is -2.06. The summed E-state index contributed by atoms with van der Waals surface area (Å²) in [4.78, 5) is 0.944. The van der Waals surface area contributed by atoms with Gasteiger partial charge in [-0.1, -0.05) is 24.3 Å². The highest BCUT2D eigenvalue weighted by Crippen LogP contribution is 2.31. The van der Waals surface area contributed by atoms with Crippen molar-refractivity contribution in [3.8, 4) is 0 Å². The monoisotopic (exact) mass is 358 g/mol. The summed E-state index contributed by atoms with van der Waals surface area (Å²) in [6.45, 7) is 1.49. The summed E-state index contributed by atoms with van der Waals surface area (Å²) < 4.78 is 28.2. The summed E-state index contributed by atoms with van der Waals surface area (Å²) in [6, 6.07) is 10.5. The molecule has 1 atom stereocenters. The Morgan fingerprint density at radius 2 is 1.85 bits per heavy atom. The Hall–Kier alpha value is -0.910. The average molecular weight is 359 g/mol. The van der Waals surface area contributed by atoms with Gasteiger partial charge in [0.15, 0.2) is 11.6 Å². The largest absolute Gasteiger partial charge is 0.387 e. The molecule has 2 aromatic carbocycles. The van der Waals surface area contributed by atoms with Gasteiger partial charge in [-0.25, -0.2) is 8.78 Å². The fourth-order valence-corrected chi connectivity index (χ4v) is 3.26. The van der Waals surface area contributed by atoms with E-state index in [-0.39, 0.29) is 16.9 Å². The van der Waals surface area contributed by atoms with E-state index in [1.807, 2.05) is 24.3 Å². The Morgan fingerprint density at radius 1 is 1.15 bits per heavy atom. The van der Waals surface area contributed by atoms with Crippen molar-refractivity contribution in [1.29, 1.82) is 0 Å². The van der Waals surface area contributed by atoms with Gasteiger partial charge in [0.05, 0.1) is 6.10 Å². The summed E-state index contributed by atoms with van der Waals surface area (Å²) in [5, 5.41) is 10.0. The zero-order valence-electron chi connectivity index (χ0n) is 10.7. The van der Waals surface area contributed by atoms with Crippen LogP contribution in [0, 0.1) is 18.6 Å². The summed E-state index contributed by atoms with van der Waals surface area (Å²) in [6.07, 6.45) is -1.05. The van der Waals surface area contributed by atoms with E-state index < -0.39 is 17.7 Å². The first-order valence-electron chi connectivity index (χ1n) is 6.00. The highest BCUT2D eigenvalue weighted by molar-refractivity contribution is 9.10. The number of halogens is 3. The SMILES string of the molecule is Cc1ccc(C(O)CSc2ccccc2Br)c(F)c1F. The van der Waals surface area contributed by atoms with Crippen LogP contribution in [0.1, 0.15) is 17.2 Å². The highest BCUT2D eigenvalue weighted by atomic mass is 79.9. The lowest BCUT2D eigenvalue weighted by molar-refractivity contribution is 0.197. The molecule has 1 N–H and O–H groups in total. The second kappa shape index (κ2) is 6.70. The van der Waals surface area contributed by atoms with Gasteiger partial charge in [-0.2, -0.15) is 0 Å². The molecule has 2 aromatic rings. The van der Waals surface area contributed by atoms with Gasteiger partial charge < -0.3 is 5.11 Å². The molecular formula is C15H13BrF2OS. The standard InChI is InChI=1S/C15H13BrF2OS/c1-9-6-7-10(15(18)14(9)17)12(19)8-20-13-5-3-2-4-11(13)16/h2-7,12,19H,8H2,1H3. The molecule has 0 radical (unpaired) electrons. The van der Waals surface area contributed by atoms with Crippen LogP contribution >= 0.6 is 27.7 Å². The lowest BCUT2D eigenvalue weighted by atomic mass is 10.1. The number of aryl methyl sites for hydroxylation is 1. The molecular weight excluding hydrogens is 346 g/mol. The molecule has 0 spiro atoms. The number of benzene rings is 2. The number of rotatable bonds is 4. The van der Waals surface area contributed by atoms with Crippen LogP contribution in [-0.2, 0) is 0 Å². The fourth-order valence-electron chi connectivity index (χ4n) is 1.74. The van der Waals surface area contributed by atoms with E-state index in [0.29, 0.717) is 0 Å². The third-order valence-electron chi connectivity index (χ3n) is 2.90. The number of hydrogen-bond donors (Lipinski definition) is 1. The Bertz CT molecular complexity index is 619. The van der Waals surface area contributed by atoms with Crippen molar-refractivity contribution >= 4 is 27.7 Å². The first kappa shape index (κ1) is 15.5. The van der Waals surface area contributed by atoms with E-state index in [0.717, 1.165) is 9.37 Å². The maximum Gasteiger partial charge on any atom is 0.164 e. The van der Waals surface area contributed by atoms with Gasteiger partial charge in [0, 0.05) is 20.7 Å². The molecule has 0 heterocycles. The normalized spacial score (nSPS) is 12.4. The van der Waals surface area contributed by atoms with Crippen LogP contribution in [0.2, 0.25) is 0 Å². The van der Waals surface area contributed by atoms with Gasteiger partial charge in [-0.3, -0.25) is 0 Å². The van der Waals surface area contributed by atoms with E-state index in [4.69, 9.17) is 0 Å². The number of hydrogen-bond acceptors (Lipinski definition) is 2. The molecule has 0 aliphatic rings. The predicted molar refractivity (Wildman–Crippen MR) is 80.9 cm³/mol. The van der Waals surface area contributed by atoms with Crippen LogP contribution in [0.4, 0.5) is 8.78 Å². The van der Waals surface area contributed by atoms with E-state index in [1.165, 1.54) is 30.8 Å². The number of aliphatic hydroxyl groups excluding tert-OH is 1. The van der Waals surface area contributed by atoms with E-state index in [2.05, 4.69) is 15.9 Å². The first-order chi connectivity index (χ1) is 9.50. The molecule has 1 unspecified atom stereocenters. The number of aliphatic hydroxyl groups is 1. The van der Waals surface area contributed by atoms with Gasteiger partial charge in [0.2, 0.25) is 0 Å². The third-order valence-corrected chi connectivity index (χ3v) is 5.00. The van der Waals surface area contributed by atoms with Crippen molar-refractivity contribution in [2.75, 3.05) is 5.75 Å². The minimum absolute atomic E-state index is 0.00680. The smallest absolute Gasteiger partial charge is 0.164 e. The third kappa shape index (κ3) is 3.40. The molecule has 2 rings (SSSR count). The van der Waals surface area contributed by atoms with Crippen LogP contribution < -0.4 is 0 Å². The van der Waals surface area contributed by atoms with Gasteiger partial charge in [-0.15, -0.1) is 11.8 Å². The van der Waals surface area contributed by atoms with Gasteiger partial charge in [0.1, 0.15) is 0 Å². The molecule has 20 heavy (non-hydrogen) atoms. The van der Waals surface area contributed by atoms with E-state index in [9.17, 15) is 13.9 Å². The van der Waals surface area contributed by atoms with E-state index >= 15 is 0 Å². The lowest BCUT2D eigenvalue weighted by Gasteiger charge is -2.13. The van der Waals surface area contributed by atoms with Crippen molar-refractivity contribution in [2.24, 2.45) is 0 Å². The minimum atomic E-state index is -1.05. The summed E-state index contributed by atoms with van der Waals surface area (Å²) in [7, 11) is 0. The van der Waals surface area contributed by atoms with Crippen molar-refractivity contribution in [3.63, 3.8) is 0 Å². The van der Waals surface area contributed by atoms with Gasteiger partial charge >= 0.3 is 0 Å². The topological polar surface area (TPSA) is 20.2 Å². The average Bonchev–Trinajstić information content (AvgIpc) is 2.44. The van der Waals surface area contributed by atoms with Crippen LogP contribution in [-0.4, -0.2) is 10.9 Å². The first-order valence-corrected chi connectivity index (χ1v) is 7.78. The second-order valence-corrected chi connectivity index (χ2v) is 6.27. The molecule has 0 saturated carbocycles. The Kier molecular flexibility index (Phi) is 5.18. The molecule has 0 aromatic heterocycles. The molecule has 0 fully saturated rings. The molecule has 5 heteroatoms.